The number of carbonyl (C=O) groups is 1. The van der Waals surface area contributed by atoms with Gasteiger partial charge in [-0.15, -0.1) is 13.2 Å². The molecule has 1 aliphatic carbocycles. The number of para-hydroxylation sites is 1. The van der Waals surface area contributed by atoms with Gasteiger partial charge in [-0.05, 0) is 68.0 Å². The molecule has 0 aliphatic heterocycles. The Morgan fingerprint density at radius 3 is 2.56 bits per heavy atom. The maximum absolute atomic E-state index is 14.2. The molecular weight excluding hydrogens is 461 g/mol. The predicted octanol–water partition coefficient (Wildman–Crippen LogP) is 5.51. The quantitative estimate of drug-likeness (QED) is 0.360. The van der Waals surface area contributed by atoms with Crippen LogP contribution in [0.2, 0.25) is 0 Å². The summed E-state index contributed by atoms with van der Waals surface area (Å²) in [5.74, 6) is 0.742. The van der Waals surface area contributed by atoms with Crippen molar-refractivity contribution in [3.63, 3.8) is 0 Å². The SMILES string of the molecule is C=C.O=C(O)N(CC1CCC(c2nc3ccc(-n4ncccc4=O)cc3[nH]2)CC1)c1ccccc1F. The molecule has 0 spiro atoms. The maximum atomic E-state index is 14.2. The van der Waals surface area contributed by atoms with Gasteiger partial charge in [-0.3, -0.25) is 9.69 Å². The van der Waals surface area contributed by atoms with Crippen molar-refractivity contribution in [2.24, 2.45) is 5.92 Å². The summed E-state index contributed by atoms with van der Waals surface area (Å²) in [4.78, 5) is 33.1. The van der Waals surface area contributed by atoms with Crippen molar-refractivity contribution in [2.75, 3.05) is 11.4 Å². The molecule has 8 nitrogen and oxygen atoms in total. The van der Waals surface area contributed by atoms with Crippen LogP contribution in [0.1, 0.15) is 37.4 Å². The average molecular weight is 490 g/mol. The number of nitrogens with one attached hydrogen (secondary N) is 1. The molecule has 2 N–H and O–H groups in total. The molecule has 2 aromatic carbocycles. The number of benzene rings is 2. The zero-order chi connectivity index (χ0) is 25.7. The lowest BCUT2D eigenvalue weighted by Crippen LogP contribution is -2.36. The zero-order valence-corrected chi connectivity index (χ0v) is 19.8. The van der Waals surface area contributed by atoms with Crippen molar-refractivity contribution in [2.45, 2.75) is 31.6 Å². The maximum Gasteiger partial charge on any atom is 0.411 e. The lowest BCUT2D eigenvalue weighted by Gasteiger charge is -2.31. The molecule has 0 bridgehead atoms. The molecule has 9 heteroatoms. The van der Waals surface area contributed by atoms with E-state index in [2.05, 4.69) is 23.2 Å². The van der Waals surface area contributed by atoms with Gasteiger partial charge in [-0.2, -0.15) is 9.78 Å². The Bertz CT molecular complexity index is 1410. The summed E-state index contributed by atoms with van der Waals surface area (Å²) in [6.07, 6.45) is 3.81. The number of rotatable bonds is 5. The van der Waals surface area contributed by atoms with Crippen molar-refractivity contribution in [1.82, 2.24) is 19.7 Å². The molecule has 5 rings (SSSR count). The average Bonchev–Trinajstić information content (AvgIpc) is 3.33. The van der Waals surface area contributed by atoms with E-state index in [-0.39, 0.29) is 29.6 Å². The van der Waals surface area contributed by atoms with Gasteiger partial charge < -0.3 is 10.1 Å². The van der Waals surface area contributed by atoms with Crippen LogP contribution in [-0.2, 0) is 0 Å². The molecule has 1 fully saturated rings. The standard InChI is InChI=1S/C25H24FN5O3.C2H4/c26-19-4-1-2-5-22(19)30(25(33)34)15-16-7-9-17(10-8-16)24-28-20-12-11-18(14-21(20)29-24)31-23(32)6-3-13-27-31;1-2/h1-6,11-14,16-17H,7-10,15H2,(H,28,29)(H,33,34);1-2H2. The largest absolute Gasteiger partial charge is 0.465 e. The van der Waals surface area contributed by atoms with Gasteiger partial charge in [0.2, 0.25) is 0 Å². The molecule has 1 aliphatic rings. The lowest BCUT2D eigenvalue weighted by molar-refractivity contribution is 0.198. The second-order valence-corrected chi connectivity index (χ2v) is 8.66. The first-order valence-corrected chi connectivity index (χ1v) is 11.8. The monoisotopic (exact) mass is 489 g/mol. The molecule has 186 valence electrons. The fraction of sp³-hybridized carbons (Fsp3) is 0.259. The minimum atomic E-state index is -1.15. The van der Waals surface area contributed by atoms with Gasteiger partial charge in [-0.1, -0.05) is 12.1 Å². The van der Waals surface area contributed by atoms with E-state index in [1.807, 2.05) is 18.2 Å². The Kier molecular flexibility index (Phi) is 7.58. The van der Waals surface area contributed by atoms with Crippen LogP contribution in [-0.4, -0.2) is 37.5 Å². The Labute approximate surface area is 207 Å². The van der Waals surface area contributed by atoms with Crippen molar-refractivity contribution < 1.29 is 14.3 Å². The predicted molar refractivity (Wildman–Crippen MR) is 137 cm³/mol. The molecule has 0 atom stereocenters. The molecule has 4 aromatic rings. The fourth-order valence-corrected chi connectivity index (χ4v) is 4.72. The fourth-order valence-electron chi connectivity index (χ4n) is 4.72. The van der Waals surface area contributed by atoms with Gasteiger partial charge in [0.25, 0.3) is 5.56 Å². The number of aromatic nitrogens is 4. The number of hydrogen-bond acceptors (Lipinski definition) is 4. The highest BCUT2D eigenvalue weighted by Crippen LogP contribution is 2.36. The highest BCUT2D eigenvalue weighted by atomic mass is 19.1. The number of imidazole rings is 1. The topological polar surface area (TPSA) is 104 Å². The first kappa shape index (κ1) is 24.8. The summed E-state index contributed by atoms with van der Waals surface area (Å²) in [6.45, 7) is 6.27. The minimum Gasteiger partial charge on any atom is -0.465 e. The first-order valence-electron chi connectivity index (χ1n) is 11.8. The molecule has 1 amide bonds. The van der Waals surface area contributed by atoms with Crippen LogP contribution in [0.3, 0.4) is 0 Å². The Hall–Kier alpha value is -4.27. The van der Waals surface area contributed by atoms with E-state index in [1.54, 1.807) is 24.4 Å². The Balaban J connectivity index is 0.00000148. The third-order valence-electron chi connectivity index (χ3n) is 6.49. The number of hydrogen-bond donors (Lipinski definition) is 2. The summed E-state index contributed by atoms with van der Waals surface area (Å²) in [5, 5.41) is 13.8. The van der Waals surface area contributed by atoms with Gasteiger partial charge in [0.05, 0.1) is 22.4 Å². The summed E-state index contributed by atoms with van der Waals surface area (Å²) >= 11 is 0. The highest BCUT2D eigenvalue weighted by Gasteiger charge is 2.28. The van der Waals surface area contributed by atoms with Crippen LogP contribution in [0.15, 0.2) is 78.7 Å². The van der Waals surface area contributed by atoms with E-state index < -0.39 is 11.9 Å². The highest BCUT2D eigenvalue weighted by molar-refractivity contribution is 5.86. The second-order valence-electron chi connectivity index (χ2n) is 8.66. The van der Waals surface area contributed by atoms with Crippen LogP contribution in [0.25, 0.3) is 16.7 Å². The van der Waals surface area contributed by atoms with Gasteiger partial charge in [0, 0.05) is 24.7 Å². The van der Waals surface area contributed by atoms with Gasteiger partial charge in [-0.25, -0.2) is 14.2 Å². The van der Waals surface area contributed by atoms with Gasteiger partial charge >= 0.3 is 6.09 Å². The van der Waals surface area contributed by atoms with E-state index in [1.165, 1.54) is 22.9 Å². The number of fused-ring (bicyclic) bond motifs is 1. The molecule has 2 heterocycles. The number of anilines is 1. The summed E-state index contributed by atoms with van der Waals surface area (Å²) in [5.41, 5.74) is 2.21. The van der Waals surface area contributed by atoms with Crippen LogP contribution in [0.4, 0.5) is 14.9 Å². The molecule has 36 heavy (non-hydrogen) atoms. The Morgan fingerprint density at radius 1 is 1.11 bits per heavy atom. The summed E-state index contributed by atoms with van der Waals surface area (Å²) < 4.78 is 15.5. The normalized spacial score (nSPS) is 17.2. The molecule has 0 radical (unpaired) electrons. The van der Waals surface area contributed by atoms with Gasteiger partial charge in [0.15, 0.2) is 0 Å². The number of H-pyrrole nitrogens is 1. The third-order valence-corrected chi connectivity index (χ3v) is 6.49. The van der Waals surface area contributed by atoms with E-state index in [4.69, 9.17) is 4.98 Å². The van der Waals surface area contributed by atoms with Crippen LogP contribution in [0, 0.1) is 11.7 Å². The molecule has 0 saturated heterocycles. The molecule has 1 saturated carbocycles. The first-order chi connectivity index (χ1) is 17.5. The van der Waals surface area contributed by atoms with Crippen LogP contribution >= 0.6 is 0 Å². The van der Waals surface area contributed by atoms with Crippen LogP contribution in [0.5, 0.6) is 0 Å². The molecule has 0 unspecified atom stereocenters. The number of amides is 1. The Morgan fingerprint density at radius 2 is 1.86 bits per heavy atom. The number of aromatic amines is 1. The van der Waals surface area contributed by atoms with Gasteiger partial charge in [0.1, 0.15) is 11.6 Å². The van der Waals surface area contributed by atoms with E-state index in [9.17, 15) is 19.1 Å². The van der Waals surface area contributed by atoms with Crippen LogP contribution < -0.4 is 10.5 Å². The van der Waals surface area contributed by atoms with Crippen molar-refractivity contribution in [1.29, 1.82) is 0 Å². The molecule has 2 aromatic heterocycles. The van der Waals surface area contributed by atoms with Crippen molar-refractivity contribution in [3.8, 4) is 5.69 Å². The van der Waals surface area contributed by atoms with E-state index >= 15 is 0 Å². The second kappa shape index (κ2) is 11.0. The van der Waals surface area contributed by atoms with E-state index in [0.717, 1.165) is 47.4 Å². The third kappa shape index (κ3) is 5.19. The zero-order valence-electron chi connectivity index (χ0n) is 19.8. The van der Waals surface area contributed by atoms with E-state index in [0.29, 0.717) is 5.69 Å². The summed E-state index contributed by atoms with van der Waals surface area (Å²) in [6, 6.07) is 14.6. The number of carboxylic acid groups (broad SMARTS) is 1. The smallest absolute Gasteiger partial charge is 0.411 e. The van der Waals surface area contributed by atoms with Crippen molar-refractivity contribution in [3.05, 3.63) is 95.9 Å². The lowest BCUT2D eigenvalue weighted by atomic mass is 9.81. The number of nitrogens with zero attached hydrogens (tertiary/aromatic N) is 4. The molecular formula is C27H28FN5O3. The minimum absolute atomic E-state index is 0.0947. The van der Waals surface area contributed by atoms with Crippen molar-refractivity contribution >= 4 is 22.8 Å². The number of halogens is 1. The summed E-state index contributed by atoms with van der Waals surface area (Å²) in [7, 11) is 0.